The molecule has 1 aromatic rings. The first kappa shape index (κ1) is 15.0. The molecule has 1 unspecified atom stereocenters. The minimum atomic E-state index is 0.511. The summed E-state index contributed by atoms with van der Waals surface area (Å²) >= 11 is 0. The van der Waals surface area contributed by atoms with Crippen LogP contribution in [-0.2, 0) is 6.42 Å². The van der Waals surface area contributed by atoms with E-state index < -0.39 is 0 Å². The maximum Gasteiger partial charge on any atom is 0.228 e. The molecule has 0 saturated heterocycles. The standard InChI is InChI=1S/C17H29N3O/c1-2-18-15(13-8-6-7-9-13)12-16-19-17(20-21-16)14-10-4-3-5-11-14/h13-15,18H,2-12H2,1H3. The van der Waals surface area contributed by atoms with Crippen molar-refractivity contribution in [3.05, 3.63) is 11.7 Å². The van der Waals surface area contributed by atoms with E-state index in [4.69, 9.17) is 9.51 Å². The highest BCUT2D eigenvalue weighted by molar-refractivity contribution is 4.99. The van der Waals surface area contributed by atoms with Gasteiger partial charge in [0.1, 0.15) is 0 Å². The molecule has 118 valence electrons. The molecule has 2 aliphatic carbocycles. The highest BCUT2D eigenvalue weighted by Crippen LogP contribution is 2.32. The first-order valence-electron chi connectivity index (χ1n) is 8.92. The second-order valence-corrected chi connectivity index (χ2v) is 6.79. The molecule has 1 N–H and O–H groups in total. The van der Waals surface area contributed by atoms with Gasteiger partial charge in [-0.05, 0) is 38.1 Å². The number of nitrogens with one attached hydrogen (secondary N) is 1. The average molecular weight is 291 g/mol. The van der Waals surface area contributed by atoms with Crippen molar-refractivity contribution >= 4 is 0 Å². The summed E-state index contributed by atoms with van der Waals surface area (Å²) in [5.74, 6) is 3.13. The van der Waals surface area contributed by atoms with Crippen LogP contribution in [0.1, 0.15) is 82.3 Å². The molecule has 1 heterocycles. The van der Waals surface area contributed by atoms with Gasteiger partial charge >= 0.3 is 0 Å². The lowest BCUT2D eigenvalue weighted by molar-refractivity contribution is 0.307. The zero-order chi connectivity index (χ0) is 14.5. The third-order valence-corrected chi connectivity index (χ3v) is 5.28. The summed E-state index contributed by atoms with van der Waals surface area (Å²) in [5, 5.41) is 7.90. The Labute approximate surface area is 128 Å². The lowest BCUT2D eigenvalue weighted by Crippen LogP contribution is -2.37. The average Bonchev–Trinajstić information content (AvgIpc) is 3.19. The first-order chi connectivity index (χ1) is 10.4. The van der Waals surface area contributed by atoms with Crippen LogP contribution in [0.15, 0.2) is 4.52 Å². The minimum Gasteiger partial charge on any atom is -0.339 e. The lowest BCUT2D eigenvalue weighted by Gasteiger charge is -2.22. The van der Waals surface area contributed by atoms with Gasteiger partial charge in [0.05, 0.1) is 0 Å². The van der Waals surface area contributed by atoms with Gasteiger partial charge < -0.3 is 9.84 Å². The van der Waals surface area contributed by atoms with Crippen molar-refractivity contribution in [2.24, 2.45) is 5.92 Å². The molecule has 4 heteroatoms. The van der Waals surface area contributed by atoms with Crippen LogP contribution in [0.4, 0.5) is 0 Å². The van der Waals surface area contributed by atoms with E-state index in [1.54, 1.807) is 0 Å². The number of nitrogens with zero attached hydrogens (tertiary/aromatic N) is 2. The molecule has 0 spiro atoms. The van der Waals surface area contributed by atoms with E-state index >= 15 is 0 Å². The fourth-order valence-electron chi connectivity index (χ4n) is 4.09. The minimum absolute atomic E-state index is 0.511. The number of likely N-dealkylation sites (N-methyl/N-ethyl adjacent to an activating group) is 1. The molecule has 3 rings (SSSR count). The Morgan fingerprint density at radius 2 is 1.81 bits per heavy atom. The number of rotatable bonds is 6. The van der Waals surface area contributed by atoms with Crippen LogP contribution >= 0.6 is 0 Å². The van der Waals surface area contributed by atoms with Gasteiger partial charge in [-0.3, -0.25) is 0 Å². The van der Waals surface area contributed by atoms with Crippen molar-refractivity contribution in [3.8, 4) is 0 Å². The van der Waals surface area contributed by atoms with Crippen LogP contribution in [0.2, 0.25) is 0 Å². The SMILES string of the molecule is CCNC(Cc1nc(C2CCCCC2)no1)C1CCCC1. The molecular weight excluding hydrogens is 262 g/mol. The van der Waals surface area contributed by atoms with E-state index in [1.165, 1.54) is 57.8 Å². The summed E-state index contributed by atoms with van der Waals surface area (Å²) in [6.45, 7) is 3.20. The zero-order valence-corrected chi connectivity index (χ0v) is 13.3. The molecule has 2 saturated carbocycles. The van der Waals surface area contributed by atoms with E-state index in [0.29, 0.717) is 12.0 Å². The highest BCUT2D eigenvalue weighted by atomic mass is 16.5. The second-order valence-electron chi connectivity index (χ2n) is 6.79. The predicted octanol–water partition coefficient (Wildman–Crippen LogP) is 3.83. The molecule has 0 radical (unpaired) electrons. The van der Waals surface area contributed by atoms with Crippen molar-refractivity contribution in [3.63, 3.8) is 0 Å². The normalized spacial score (nSPS) is 22.7. The van der Waals surface area contributed by atoms with Crippen LogP contribution in [0.5, 0.6) is 0 Å². The largest absolute Gasteiger partial charge is 0.339 e. The zero-order valence-electron chi connectivity index (χ0n) is 13.3. The van der Waals surface area contributed by atoms with Crippen molar-refractivity contribution in [1.29, 1.82) is 0 Å². The molecule has 1 aromatic heterocycles. The van der Waals surface area contributed by atoms with Crippen LogP contribution < -0.4 is 5.32 Å². The van der Waals surface area contributed by atoms with Crippen LogP contribution in [0, 0.1) is 5.92 Å². The van der Waals surface area contributed by atoms with Crippen molar-refractivity contribution in [2.45, 2.75) is 83.1 Å². The second kappa shape index (κ2) is 7.39. The van der Waals surface area contributed by atoms with Gasteiger partial charge in [-0.2, -0.15) is 4.98 Å². The molecule has 0 bridgehead atoms. The molecule has 1 atom stereocenters. The fourth-order valence-corrected chi connectivity index (χ4v) is 4.09. The Balaban J connectivity index is 1.61. The van der Waals surface area contributed by atoms with Crippen LogP contribution in [0.25, 0.3) is 0 Å². The van der Waals surface area contributed by atoms with E-state index in [2.05, 4.69) is 17.4 Å². The van der Waals surface area contributed by atoms with E-state index in [-0.39, 0.29) is 0 Å². The Hall–Kier alpha value is -0.900. The first-order valence-corrected chi connectivity index (χ1v) is 8.92. The Morgan fingerprint density at radius 3 is 2.52 bits per heavy atom. The smallest absolute Gasteiger partial charge is 0.228 e. The predicted molar refractivity (Wildman–Crippen MR) is 83.3 cm³/mol. The summed E-state index contributed by atoms with van der Waals surface area (Å²) in [6.07, 6.45) is 12.8. The number of aromatic nitrogens is 2. The Bertz CT molecular complexity index is 419. The van der Waals surface area contributed by atoms with Crippen molar-refractivity contribution < 1.29 is 4.52 Å². The molecule has 0 amide bonds. The van der Waals surface area contributed by atoms with Crippen molar-refractivity contribution in [1.82, 2.24) is 15.5 Å². The summed E-state index contributed by atoms with van der Waals surface area (Å²) in [6, 6.07) is 0.511. The topological polar surface area (TPSA) is 51.0 Å². The monoisotopic (exact) mass is 291 g/mol. The molecule has 0 aromatic carbocycles. The maximum absolute atomic E-state index is 5.55. The fraction of sp³-hybridized carbons (Fsp3) is 0.882. The third kappa shape index (κ3) is 3.85. The van der Waals surface area contributed by atoms with E-state index in [0.717, 1.165) is 30.6 Å². The van der Waals surface area contributed by atoms with Gasteiger partial charge in [-0.25, -0.2) is 0 Å². The Morgan fingerprint density at radius 1 is 1.10 bits per heavy atom. The van der Waals surface area contributed by atoms with Gasteiger partial charge in [0.25, 0.3) is 0 Å². The van der Waals surface area contributed by atoms with Gasteiger partial charge in [0.2, 0.25) is 5.89 Å². The Kier molecular flexibility index (Phi) is 5.28. The summed E-state index contributed by atoms with van der Waals surface area (Å²) < 4.78 is 5.55. The summed E-state index contributed by atoms with van der Waals surface area (Å²) in [5.41, 5.74) is 0. The maximum atomic E-state index is 5.55. The van der Waals surface area contributed by atoms with E-state index in [9.17, 15) is 0 Å². The molecule has 2 aliphatic rings. The van der Waals surface area contributed by atoms with E-state index in [1.807, 2.05) is 0 Å². The van der Waals surface area contributed by atoms with Crippen molar-refractivity contribution in [2.75, 3.05) is 6.54 Å². The number of hydrogen-bond acceptors (Lipinski definition) is 4. The van der Waals surface area contributed by atoms with Gasteiger partial charge in [-0.15, -0.1) is 0 Å². The molecule has 4 nitrogen and oxygen atoms in total. The third-order valence-electron chi connectivity index (χ3n) is 5.28. The van der Waals surface area contributed by atoms with Crippen LogP contribution in [-0.4, -0.2) is 22.7 Å². The van der Waals surface area contributed by atoms with Gasteiger partial charge in [0.15, 0.2) is 5.82 Å². The van der Waals surface area contributed by atoms with Gasteiger partial charge in [0, 0.05) is 18.4 Å². The van der Waals surface area contributed by atoms with Gasteiger partial charge in [-0.1, -0.05) is 44.2 Å². The number of hydrogen-bond donors (Lipinski definition) is 1. The van der Waals surface area contributed by atoms with Crippen LogP contribution in [0.3, 0.4) is 0 Å². The summed E-state index contributed by atoms with van der Waals surface area (Å²) in [4.78, 5) is 4.71. The lowest BCUT2D eigenvalue weighted by atomic mass is 9.89. The molecule has 2 fully saturated rings. The highest BCUT2D eigenvalue weighted by Gasteiger charge is 2.27. The summed E-state index contributed by atoms with van der Waals surface area (Å²) in [7, 11) is 0. The quantitative estimate of drug-likeness (QED) is 0.865. The molecular formula is C17H29N3O. The molecule has 21 heavy (non-hydrogen) atoms. The molecule has 0 aliphatic heterocycles.